The molecule has 2 heterocycles. The van der Waals surface area contributed by atoms with Crippen LogP contribution >= 0.6 is 0 Å². The number of quaternary nitrogens is 1. The predicted molar refractivity (Wildman–Crippen MR) is 115 cm³/mol. The van der Waals surface area contributed by atoms with Crippen LogP contribution in [0.4, 0.5) is 0 Å². The van der Waals surface area contributed by atoms with E-state index >= 15 is 0 Å². The number of fused-ring (bicyclic) bond motifs is 2. The first kappa shape index (κ1) is 23.2. The van der Waals surface area contributed by atoms with Crippen LogP contribution in [-0.2, 0) is 20.8 Å². The molecule has 1 aliphatic heterocycles. The molecule has 1 amide bonds. The van der Waals surface area contributed by atoms with Crippen molar-refractivity contribution in [3.63, 3.8) is 0 Å². The molecule has 0 saturated carbocycles. The summed E-state index contributed by atoms with van der Waals surface area (Å²) < 4.78 is 0. The summed E-state index contributed by atoms with van der Waals surface area (Å²) in [5.41, 5.74) is 5.08. The minimum absolute atomic E-state index is 0.00823. The van der Waals surface area contributed by atoms with Crippen molar-refractivity contribution in [3.05, 3.63) is 53.8 Å². The van der Waals surface area contributed by atoms with E-state index in [1.165, 1.54) is 32.5 Å². The third-order valence-electron chi connectivity index (χ3n) is 5.78. The summed E-state index contributed by atoms with van der Waals surface area (Å²) in [7, 11) is 2.17. The third-order valence-corrected chi connectivity index (χ3v) is 5.78. The monoisotopic (exact) mass is 441 g/mol. The maximum Gasteiger partial charge on any atom is 0.328 e. The molecule has 5 N–H and O–H groups in total. The highest BCUT2D eigenvalue weighted by molar-refractivity contribution is 5.99. The number of carboxylic acids is 2. The number of hydrogen-bond donors (Lipinski definition) is 5. The zero-order chi connectivity index (χ0) is 23.4. The van der Waals surface area contributed by atoms with Gasteiger partial charge in [0, 0.05) is 41.2 Å². The standard InChI is InChI=1S/C19H23N3O2.C4H4O4/c1-11(10-23)21-19(24)13-6-15-14-4-3-5-16-18(14)12(8-20-16)7-17(15)22(2)9-13;5-3(6)1-2-4(7)8/h3-6,8,11,13,17,20,23H,7,9-10H2,1-2H3,(H,21,24);1-2H,(H,5,6)(H,7,8)/b;2-1+. The molecule has 1 aliphatic carbocycles. The Morgan fingerprint density at radius 2 is 2.09 bits per heavy atom. The Bertz CT molecular complexity index is 1070. The van der Waals surface area contributed by atoms with E-state index < -0.39 is 11.9 Å². The molecular formula is C23H27N3O6. The number of aromatic amines is 1. The van der Waals surface area contributed by atoms with Gasteiger partial charge in [0.25, 0.3) is 0 Å². The van der Waals surface area contributed by atoms with Crippen molar-refractivity contribution in [1.82, 2.24) is 10.3 Å². The third kappa shape index (κ3) is 5.06. The van der Waals surface area contributed by atoms with E-state index in [2.05, 4.69) is 47.8 Å². The maximum atomic E-state index is 12.5. The second-order valence-corrected chi connectivity index (χ2v) is 8.16. The summed E-state index contributed by atoms with van der Waals surface area (Å²) in [6.07, 6.45) is 6.23. The fourth-order valence-electron chi connectivity index (χ4n) is 4.29. The Kier molecular flexibility index (Phi) is 7.12. The van der Waals surface area contributed by atoms with Crippen LogP contribution in [0.25, 0.3) is 16.5 Å². The van der Waals surface area contributed by atoms with Crippen molar-refractivity contribution in [2.24, 2.45) is 5.92 Å². The van der Waals surface area contributed by atoms with Gasteiger partial charge < -0.3 is 35.3 Å². The molecule has 32 heavy (non-hydrogen) atoms. The first-order valence-corrected chi connectivity index (χ1v) is 10.4. The lowest BCUT2D eigenvalue weighted by atomic mass is 9.80. The van der Waals surface area contributed by atoms with E-state index in [9.17, 15) is 19.5 Å². The number of H-pyrrole nitrogens is 1. The smallest absolute Gasteiger partial charge is 0.328 e. The lowest BCUT2D eigenvalue weighted by Gasteiger charge is -2.36. The van der Waals surface area contributed by atoms with Gasteiger partial charge in [0.2, 0.25) is 5.91 Å². The zero-order valence-electron chi connectivity index (χ0n) is 17.9. The number of rotatable bonds is 5. The summed E-state index contributed by atoms with van der Waals surface area (Å²) in [5.74, 6) is -2.95. The molecule has 4 atom stereocenters. The first-order chi connectivity index (χ1) is 15.2. The molecule has 2 aliphatic rings. The fourth-order valence-corrected chi connectivity index (χ4v) is 4.29. The minimum Gasteiger partial charge on any atom is -0.545 e. The highest BCUT2D eigenvalue weighted by atomic mass is 16.4. The molecule has 9 heteroatoms. The van der Waals surface area contributed by atoms with Gasteiger partial charge in [0.15, 0.2) is 0 Å². The van der Waals surface area contributed by atoms with Crippen LogP contribution in [0.15, 0.2) is 42.6 Å². The van der Waals surface area contributed by atoms with Gasteiger partial charge in [-0.15, -0.1) is 0 Å². The van der Waals surface area contributed by atoms with Crippen LogP contribution < -0.4 is 15.3 Å². The van der Waals surface area contributed by atoms with Crippen molar-refractivity contribution in [2.45, 2.75) is 25.4 Å². The molecular weight excluding hydrogens is 414 g/mol. The van der Waals surface area contributed by atoms with Gasteiger partial charge in [-0.1, -0.05) is 18.2 Å². The topological polar surface area (TPSA) is 147 Å². The lowest BCUT2D eigenvalue weighted by molar-refractivity contribution is -0.900. The van der Waals surface area contributed by atoms with Crippen molar-refractivity contribution in [2.75, 3.05) is 20.2 Å². The van der Waals surface area contributed by atoms with Crippen LogP contribution in [0.5, 0.6) is 0 Å². The number of aliphatic hydroxyl groups is 1. The van der Waals surface area contributed by atoms with Gasteiger partial charge in [-0.3, -0.25) is 4.79 Å². The first-order valence-electron chi connectivity index (χ1n) is 10.4. The van der Waals surface area contributed by atoms with Crippen LogP contribution in [0, 0.1) is 5.92 Å². The van der Waals surface area contributed by atoms with Crippen LogP contribution in [-0.4, -0.2) is 65.3 Å². The largest absolute Gasteiger partial charge is 0.545 e. The second-order valence-electron chi connectivity index (χ2n) is 8.16. The Labute approximate surface area is 185 Å². The Morgan fingerprint density at radius 1 is 1.34 bits per heavy atom. The lowest BCUT2D eigenvalue weighted by Crippen LogP contribution is -3.15. The van der Waals surface area contributed by atoms with Gasteiger partial charge in [0.05, 0.1) is 26.2 Å². The Hall–Kier alpha value is -3.43. The number of carbonyl (C=O) groups is 3. The molecule has 2 aromatic rings. The molecule has 170 valence electrons. The van der Waals surface area contributed by atoms with Crippen molar-refractivity contribution < 1.29 is 34.6 Å². The van der Waals surface area contributed by atoms with Gasteiger partial charge >= 0.3 is 5.97 Å². The predicted octanol–water partition coefficient (Wildman–Crippen LogP) is -1.51. The van der Waals surface area contributed by atoms with Crippen molar-refractivity contribution in [3.8, 4) is 0 Å². The SMILES string of the molecule is CC(CO)NC(=O)C1C=C2c3cccc4[nH]cc(c34)CC2[NH+](C)C1.O=C([O-])/C=C/C(=O)O. The summed E-state index contributed by atoms with van der Waals surface area (Å²) in [6.45, 7) is 2.57. The van der Waals surface area contributed by atoms with Crippen LogP contribution in [0.2, 0.25) is 0 Å². The molecule has 9 nitrogen and oxygen atoms in total. The fraction of sp³-hybridized carbons (Fsp3) is 0.348. The average molecular weight is 441 g/mol. The molecule has 1 aromatic carbocycles. The number of aromatic nitrogens is 1. The van der Waals surface area contributed by atoms with E-state index in [0.717, 1.165) is 13.0 Å². The number of carboxylic acid groups (broad SMARTS) is 2. The number of aliphatic hydroxyl groups excluding tert-OH is 1. The Morgan fingerprint density at radius 3 is 2.72 bits per heavy atom. The number of amides is 1. The molecule has 0 saturated heterocycles. The number of hydrogen-bond acceptors (Lipinski definition) is 5. The van der Waals surface area contributed by atoms with Gasteiger partial charge in [-0.05, 0) is 30.2 Å². The summed E-state index contributed by atoms with van der Waals surface area (Å²) in [5, 5.41) is 30.6. The maximum absolute atomic E-state index is 12.5. The number of carbonyl (C=O) groups excluding carboxylic acids is 2. The number of benzene rings is 1. The molecule has 4 rings (SSSR count). The van der Waals surface area contributed by atoms with E-state index in [-0.39, 0.29) is 24.5 Å². The molecule has 0 fully saturated rings. The van der Waals surface area contributed by atoms with Crippen molar-refractivity contribution in [1.29, 1.82) is 0 Å². The average Bonchev–Trinajstić information content (AvgIpc) is 3.17. The Balaban J connectivity index is 0.000000312. The van der Waals surface area contributed by atoms with Crippen LogP contribution in [0.1, 0.15) is 18.1 Å². The summed E-state index contributed by atoms with van der Waals surface area (Å²) in [4.78, 5) is 36.2. The number of nitrogens with one attached hydrogen (secondary N) is 3. The molecule has 0 bridgehead atoms. The van der Waals surface area contributed by atoms with E-state index in [1.807, 2.05) is 6.92 Å². The van der Waals surface area contributed by atoms with E-state index in [0.29, 0.717) is 18.2 Å². The van der Waals surface area contributed by atoms with E-state index in [4.69, 9.17) is 10.2 Å². The number of aliphatic carboxylic acids is 2. The highest BCUT2D eigenvalue weighted by Crippen LogP contribution is 2.37. The quantitative estimate of drug-likeness (QED) is 0.357. The highest BCUT2D eigenvalue weighted by Gasteiger charge is 2.38. The van der Waals surface area contributed by atoms with Gasteiger partial charge in [-0.2, -0.15) is 0 Å². The van der Waals surface area contributed by atoms with Gasteiger partial charge in [0.1, 0.15) is 12.0 Å². The normalized spacial score (nSPS) is 22.3. The van der Waals surface area contributed by atoms with E-state index in [1.54, 1.807) is 0 Å². The molecule has 4 unspecified atom stereocenters. The summed E-state index contributed by atoms with van der Waals surface area (Å²) >= 11 is 0. The second kappa shape index (κ2) is 9.80. The van der Waals surface area contributed by atoms with Crippen molar-refractivity contribution >= 4 is 34.3 Å². The zero-order valence-corrected chi connectivity index (χ0v) is 17.9. The molecule has 0 spiro atoms. The number of likely N-dealkylation sites (N-methyl/N-ethyl adjacent to an activating group) is 1. The summed E-state index contributed by atoms with van der Waals surface area (Å²) in [6, 6.07) is 6.55. The molecule has 1 aromatic heterocycles. The molecule has 0 radical (unpaired) electrons. The minimum atomic E-state index is -1.51. The van der Waals surface area contributed by atoms with Crippen LogP contribution in [0.3, 0.4) is 0 Å². The van der Waals surface area contributed by atoms with Gasteiger partial charge in [-0.25, -0.2) is 4.79 Å².